The van der Waals surface area contributed by atoms with E-state index in [0.29, 0.717) is 6.42 Å². The minimum atomic E-state index is 0.124. The van der Waals surface area contributed by atoms with Crippen LogP contribution in [0.1, 0.15) is 41.8 Å². The van der Waals surface area contributed by atoms with Crippen LogP contribution in [0.15, 0.2) is 24.3 Å². The third kappa shape index (κ3) is 3.14. The Labute approximate surface area is 102 Å². The van der Waals surface area contributed by atoms with E-state index in [1.807, 2.05) is 31.2 Å². The van der Waals surface area contributed by atoms with Crippen LogP contribution in [-0.2, 0) is 4.74 Å². The van der Waals surface area contributed by atoms with Crippen molar-refractivity contribution in [1.29, 1.82) is 0 Å². The average molecular weight is 233 g/mol. The van der Waals surface area contributed by atoms with Gasteiger partial charge in [-0.1, -0.05) is 31.2 Å². The van der Waals surface area contributed by atoms with Gasteiger partial charge in [0, 0.05) is 25.1 Å². The van der Waals surface area contributed by atoms with Gasteiger partial charge >= 0.3 is 0 Å². The van der Waals surface area contributed by atoms with E-state index < -0.39 is 0 Å². The van der Waals surface area contributed by atoms with Gasteiger partial charge in [-0.25, -0.2) is 0 Å². The Morgan fingerprint density at radius 3 is 2.76 bits per heavy atom. The van der Waals surface area contributed by atoms with Crippen LogP contribution in [0.3, 0.4) is 0 Å². The number of nitrogens with one attached hydrogen (secondary N) is 1. The standard InChI is InChI=1S/C14H19NO2/c1-2-3-13(16)11-4-6-12(7-5-11)14-10-15-8-9-17-14/h4-7,14-15H,2-3,8-10H2,1H3. The summed E-state index contributed by atoms with van der Waals surface area (Å²) in [5.41, 5.74) is 1.95. The van der Waals surface area contributed by atoms with E-state index in [2.05, 4.69) is 5.32 Å². The Morgan fingerprint density at radius 2 is 2.18 bits per heavy atom. The van der Waals surface area contributed by atoms with Crippen LogP contribution in [0.2, 0.25) is 0 Å². The second-order valence-corrected chi connectivity index (χ2v) is 4.36. The fourth-order valence-corrected chi connectivity index (χ4v) is 2.03. The zero-order valence-electron chi connectivity index (χ0n) is 10.2. The molecule has 1 aliphatic heterocycles. The van der Waals surface area contributed by atoms with Crippen LogP contribution >= 0.6 is 0 Å². The number of hydrogen-bond acceptors (Lipinski definition) is 3. The van der Waals surface area contributed by atoms with E-state index in [1.54, 1.807) is 0 Å². The molecule has 1 saturated heterocycles. The summed E-state index contributed by atoms with van der Waals surface area (Å²) in [6, 6.07) is 7.82. The highest BCUT2D eigenvalue weighted by atomic mass is 16.5. The van der Waals surface area contributed by atoms with Gasteiger partial charge in [-0.15, -0.1) is 0 Å². The largest absolute Gasteiger partial charge is 0.371 e. The van der Waals surface area contributed by atoms with Gasteiger partial charge in [-0.3, -0.25) is 4.79 Å². The van der Waals surface area contributed by atoms with Crippen molar-refractivity contribution in [3.8, 4) is 0 Å². The lowest BCUT2D eigenvalue weighted by molar-refractivity contribution is 0.0277. The van der Waals surface area contributed by atoms with Gasteiger partial charge in [0.1, 0.15) is 0 Å². The van der Waals surface area contributed by atoms with Crippen LogP contribution in [0.5, 0.6) is 0 Å². The van der Waals surface area contributed by atoms with Crippen molar-refractivity contribution in [2.75, 3.05) is 19.7 Å². The Balaban J connectivity index is 2.04. The third-order valence-electron chi connectivity index (χ3n) is 3.01. The molecule has 1 N–H and O–H groups in total. The first kappa shape index (κ1) is 12.3. The monoisotopic (exact) mass is 233 g/mol. The summed E-state index contributed by atoms with van der Waals surface area (Å²) >= 11 is 0. The molecule has 3 nitrogen and oxygen atoms in total. The molecule has 2 rings (SSSR count). The van der Waals surface area contributed by atoms with Crippen LogP contribution in [0.25, 0.3) is 0 Å². The van der Waals surface area contributed by atoms with Crippen molar-refractivity contribution >= 4 is 5.78 Å². The maximum absolute atomic E-state index is 11.7. The molecule has 1 unspecified atom stereocenters. The minimum absolute atomic E-state index is 0.124. The number of ketones is 1. The quantitative estimate of drug-likeness (QED) is 0.811. The van der Waals surface area contributed by atoms with E-state index in [1.165, 1.54) is 0 Å². The number of carbonyl (C=O) groups is 1. The first-order valence-electron chi connectivity index (χ1n) is 6.26. The number of morpholine rings is 1. The fourth-order valence-electron chi connectivity index (χ4n) is 2.03. The van der Waals surface area contributed by atoms with E-state index in [-0.39, 0.29) is 11.9 Å². The van der Waals surface area contributed by atoms with E-state index in [4.69, 9.17) is 4.74 Å². The highest BCUT2D eigenvalue weighted by Gasteiger charge is 2.15. The summed E-state index contributed by atoms with van der Waals surface area (Å²) in [7, 11) is 0. The number of rotatable bonds is 4. The summed E-state index contributed by atoms with van der Waals surface area (Å²) in [5.74, 6) is 0.224. The predicted molar refractivity (Wildman–Crippen MR) is 67.2 cm³/mol. The molecular formula is C14H19NO2. The number of hydrogen-bond donors (Lipinski definition) is 1. The molecule has 1 heterocycles. The van der Waals surface area contributed by atoms with Gasteiger partial charge in [0.2, 0.25) is 0 Å². The molecule has 1 atom stereocenters. The molecular weight excluding hydrogens is 214 g/mol. The number of benzene rings is 1. The van der Waals surface area contributed by atoms with Crippen LogP contribution in [-0.4, -0.2) is 25.5 Å². The first-order valence-corrected chi connectivity index (χ1v) is 6.26. The van der Waals surface area contributed by atoms with Crippen molar-refractivity contribution in [3.05, 3.63) is 35.4 Å². The van der Waals surface area contributed by atoms with Crippen molar-refractivity contribution in [1.82, 2.24) is 5.32 Å². The molecule has 1 aromatic carbocycles. The zero-order valence-corrected chi connectivity index (χ0v) is 10.2. The molecule has 0 amide bonds. The molecule has 0 bridgehead atoms. The first-order chi connectivity index (χ1) is 8.31. The molecule has 0 spiro atoms. The molecule has 1 fully saturated rings. The van der Waals surface area contributed by atoms with Gasteiger partial charge in [-0.05, 0) is 12.0 Å². The van der Waals surface area contributed by atoms with Crippen molar-refractivity contribution in [3.63, 3.8) is 0 Å². The molecule has 17 heavy (non-hydrogen) atoms. The van der Waals surface area contributed by atoms with Crippen LogP contribution < -0.4 is 5.32 Å². The highest BCUT2D eigenvalue weighted by molar-refractivity contribution is 5.96. The highest BCUT2D eigenvalue weighted by Crippen LogP contribution is 2.19. The lowest BCUT2D eigenvalue weighted by Gasteiger charge is -2.24. The van der Waals surface area contributed by atoms with Crippen LogP contribution in [0, 0.1) is 0 Å². The smallest absolute Gasteiger partial charge is 0.162 e. The van der Waals surface area contributed by atoms with E-state index >= 15 is 0 Å². The number of ether oxygens (including phenoxy) is 1. The maximum atomic E-state index is 11.7. The van der Waals surface area contributed by atoms with E-state index in [9.17, 15) is 4.79 Å². The van der Waals surface area contributed by atoms with Gasteiger partial charge in [0.25, 0.3) is 0 Å². The minimum Gasteiger partial charge on any atom is -0.371 e. The number of Topliss-reactive ketones (excluding diaryl/α,β-unsaturated/α-hetero) is 1. The topological polar surface area (TPSA) is 38.3 Å². The average Bonchev–Trinajstić information content (AvgIpc) is 2.40. The molecule has 92 valence electrons. The summed E-state index contributed by atoms with van der Waals surface area (Å²) in [6.07, 6.45) is 1.65. The van der Waals surface area contributed by atoms with Crippen molar-refractivity contribution in [2.24, 2.45) is 0 Å². The summed E-state index contributed by atoms with van der Waals surface area (Å²) in [4.78, 5) is 11.7. The maximum Gasteiger partial charge on any atom is 0.162 e. The fraction of sp³-hybridized carbons (Fsp3) is 0.500. The SMILES string of the molecule is CCCC(=O)c1ccc(C2CNCCO2)cc1. The summed E-state index contributed by atoms with van der Waals surface area (Å²) in [5, 5.41) is 3.30. The molecule has 1 aromatic rings. The van der Waals surface area contributed by atoms with Crippen molar-refractivity contribution < 1.29 is 9.53 Å². The summed E-state index contributed by atoms with van der Waals surface area (Å²) in [6.45, 7) is 4.54. The summed E-state index contributed by atoms with van der Waals surface area (Å²) < 4.78 is 5.66. The second kappa shape index (κ2) is 5.94. The Hall–Kier alpha value is -1.19. The van der Waals surface area contributed by atoms with Gasteiger partial charge in [0.15, 0.2) is 5.78 Å². The second-order valence-electron chi connectivity index (χ2n) is 4.36. The lowest BCUT2D eigenvalue weighted by Crippen LogP contribution is -2.33. The Morgan fingerprint density at radius 1 is 1.41 bits per heavy atom. The molecule has 0 aromatic heterocycles. The van der Waals surface area contributed by atoms with E-state index in [0.717, 1.165) is 37.2 Å². The molecule has 3 heteroatoms. The Kier molecular flexibility index (Phi) is 4.29. The normalized spacial score (nSPS) is 20.2. The molecule has 1 aliphatic rings. The Bertz CT molecular complexity index is 366. The van der Waals surface area contributed by atoms with Crippen LogP contribution in [0.4, 0.5) is 0 Å². The third-order valence-corrected chi connectivity index (χ3v) is 3.01. The lowest BCUT2D eigenvalue weighted by atomic mass is 10.0. The predicted octanol–water partition coefficient (Wildman–Crippen LogP) is 2.33. The molecule has 0 aliphatic carbocycles. The zero-order chi connectivity index (χ0) is 12.1. The number of carbonyl (C=O) groups excluding carboxylic acids is 1. The van der Waals surface area contributed by atoms with Gasteiger partial charge in [-0.2, -0.15) is 0 Å². The van der Waals surface area contributed by atoms with Gasteiger partial charge < -0.3 is 10.1 Å². The van der Waals surface area contributed by atoms with Crippen molar-refractivity contribution in [2.45, 2.75) is 25.9 Å². The molecule has 0 saturated carbocycles. The van der Waals surface area contributed by atoms with Gasteiger partial charge in [0.05, 0.1) is 12.7 Å². The molecule has 0 radical (unpaired) electrons.